The van der Waals surface area contributed by atoms with Gasteiger partial charge in [-0.05, 0) is 42.7 Å². The van der Waals surface area contributed by atoms with E-state index in [0.717, 1.165) is 36.9 Å². The summed E-state index contributed by atoms with van der Waals surface area (Å²) < 4.78 is 2.04. The number of nitrogens with one attached hydrogen (secondary N) is 1. The molecule has 2 atom stereocenters. The monoisotopic (exact) mass is 337 g/mol. The van der Waals surface area contributed by atoms with E-state index in [9.17, 15) is 4.79 Å². The highest BCUT2D eigenvalue weighted by atomic mass is 16.2. The highest BCUT2D eigenvalue weighted by Crippen LogP contribution is 2.36. The van der Waals surface area contributed by atoms with Crippen LogP contribution in [0.25, 0.3) is 0 Å². The number of likely N-dealkylation sites (tertiary alicyclic amines) is 1. The molecule has 1 saturated carbocycles. The number of anilines is 1. The van der Waals surface area contributed by atoms with E-state index in [1.165, 1.54) is 25.9 Å². The molecule has 1 saturated heterocycles. The van der Waals surface area contributed by atoms with Gasteiger partial charge in [-0.15, -0.1) is 10.2 Å². The highest BCUT2D eigenvalue weighted by Gasteiger charge is 2.40. The van der Waals surface area contributed by atoms with Crippen LogP contribution in [0, 0.1) is 17.8 Å². The lowest BCUT2D eigenvalue weighted by Crippen LogP contribution is -2.31. The number of fused-ring (bicyclic) bond motifs is 2. The minimum absolute atomic E-state index is 0.170. The normalized spacial score (nSPS) is 25.4. The molecule has 3 heterocycles. The molecule has 2 fully saturated rings. The average molecular weight is 337 g/mol. The molecule has 3 aliphatic rings. The van der Waals surface area contributed by atoms with Crippen molar-refractivity contribution in [3.63, 3.8) is 0 Å². The van der Waals surface area contributed by atoms with Gasteiger partial charge in [-0.2, -0.15) is 0 Å². The Morgan fingerprint density at radius 3 is 2.68 bits per heavy atom. The predicted molar refractivity (Wildman–Crippen MR) is 94.3 cm³/mol. The Morgan fingerprint density at radius 1 is 1.08 bits per heavy atom. The fraction of sp³-hybridized carbons (Fsp3) is 0.526. The van der Waals surface area contributed by atoms with E-state index in [2.05, 4.69) is 20.4 Å². The van der Waals surface area contributed by atoms with Gasteiger partial charge in [0.05, 0.1) is 0 Å². The van der Waals surface area contributed by atoms with E-state index < -0.39 is 0 Å². The van der Waals surface area contributed by atoms with Gasteiger partial charge in [0, 0.05) is 38.3 Å². The van der Waals surface area contributed by atoms with E-state index in [-0.39, 0.29) is 5.91 Å². The number of nitrogens with zero attached hydrogens (tertiary/aromatic N) is 4. The number of hydrogen-bond acceptors (Lipinski definition) is 4. The zero-order chi connectivity index (χ0) is 16.8. The second-order valence-corrected chi connectivity index (χ2v) is 7.76. The van der Waals surface area contributed by atoms with Crippen molar-refractivity contribution in [1.82, 2.24) is 19.7 Å². The minimum Gasteiger partial charge on any atom is -0.319 e. The number of hydrogen-bond donors (Lipinski definition) is 1. The lowest BCUT2D eigenvalue weighted by Gasteiger charge is -2.25. The summed E-state index contributed by atoms with van der Waals surface area (Å²) >= 11 is 0. The Bertz CT molecular complexity index is 782. The summed E-state index contributed by atoms with van der Waals surface area (Å²) in [6.07, 6.45) is 3.75. The lowest BCUT2D eigenvalue weighted by atomic mass is 9.89. The van der Waals surface area contributed by atoms with Crippen molar-refractivity contribution in [2.24, 2.45) is 17.8 Å². The van der Waals surface area contributed by atoms with Crippen LogP contribution in [-0.2, 0) is 13.0 Å². The molecule has 1 aliphatic carbocycles. The van der Waals surface area contributed by atoms with Crippen molar-refractivity contribution in [2.75, 3.05) is 25.0 Å². The first kappa shape index (κ1) is 15.1. The largest absolute Gasteiger partial charge is 0.319 e. The Hall–Kier alpha value is -2.21. The molecule has 0 radical (unpaired) electrons. The highest BCUT2D eigenvalue weighted by molar-refractivity contribution is 6.01. The molecule has 25 heavy (non-hydrogen) atoms. The van der Waals surface area contributed by atoms with Crippen molar-refractivity contribution in [2.45, 2.75) is 25.8 Å². The summed E-state index contributed by atoms with van der Waals surface area (Å²) in [6.45, 7) is 4.46. The quantitative estimate of drug-likeness (QED) is 0.927. The van der Waals surface area contributed by atoms with E-state index >= 15 is 0 Å². The number of aromatic nitrogens is 3. The third-order valence-corrected chi connectivity index (χ3v) is 5.79. The van der Waals surface area contributed by atoms with E-state index in [0.29, 0.717) is 17.7 Å². The molecule has 130 valence electrons. The molecule has 6 nitrogen and oxygen atoms in total. The van der Waals surface area contributed by atoms with Crippen LogP contribution in [0.4, 0.5) is 5.69 Å². The van der Waals surface area contributed by atoms with Crippen molar-refractivity contribution in [1.29, 1.82) is 0 Å². The van der Waals surface area contributed by atoms with Gasteiger partial charge in [0.1, 0.15) is 5.82 Å². The topological polar surface area (TPSA) is 63.1 Å². The first-order valence-electron chi connectivity index (χ1n) is 9.27. The Kier molecular flexibility index (Phi) is 3.59. The van der Waals surface area contributed by atoms with Gasteiger partial charge in [-0.3, -0.25) is 4.79 Å². The van der Waals surface area contributed by atoms with Crippen molar-refractivity contribution in [3.05, 3.63) is 42.0 Å². The van der Waals surface area contributed by atoms with E-state index in [4.69, 9.17) is 0 Å². The maximum atomic E-state index is 12.6. The van der Waals surface area contributed by atoms with Gasteiger partial charge < -0.3 is 14.8 Å². The molecule has 1 N–H and O–H groups in total. The number of amides is 1. The van der Waals surface area contributed by atoms with Gasteiger partial charge in [0.25, 0.3) is 5.91 Å². The average Bonchev–Trinajstić information content (AvgIpc) is 3.19. The summed E-state index contributed by atoms with van der Waals surface area (Å²) in [7, 11) is 0. The number of carbonyl (C=O) groups is 1. The van der Waals surface area contributed by atoms with Crippen LogP contribution >= 0.6 is 0 Å². The summed E-state index contributed by atoms with van der Waals surface area (Å²) in [5.74, 6) is 3.46. The molecular formula is C19H23N5O. The fourth-order valence-electron chi connectivity index (χ4n) is 4.31. The van der Waals surface area contributed by atoms with Gasteiger partial charge >= 0.3 is 0 Å². The summed E-state index contributed by atoms with van der Waals surface area (Å²) in [5.41, 5.74) is 0.787. The first-order chi connectivity index (χ1) is 12.3. The Balaban J connectivity index is 1.31. The minimum atomic E-state index is -0.170. The van der Waals surface area contributed by atoms with Crippen molar-refractivity contribution >= 4 is 11.6 Å². The van der Waals surface area contributed by atoms with Crippen LogP contribution < -0.4 is 5.32 Å². The van der Waals surface area contributed by atoms with Crippen LogP contribution in [0.1, 0.15) is 29.3 Å². The van der Waals surface area contributed by atoms with Gasteiger partial charge in [-0.1, -0.05) is 18.2 Å². The zero-order valence-electron chi connectivity index (χ0n) is 14.3. The maximum Gasteiger partial charge on any atom is 0.293 e. The fourth-order valence-corrected chi connectivity index (χ4v) is 4.31. The third-order valence-electron chi connectivity index (χ3n) is 5.79. The van der Waals surface area contributed by atoms with Crippen molar-refractivity contribution in [3.8, 4) is 0 Å². The van der Waals surface area contributed by atoms with Crippen LogP contribution in [0.3, 0.4) is 0 Å². The second-order valence-electron chi connectivity index (χ2n) is 7.76. The van der Waals surface area contributed by atoms with Crippen LogP contribution in [0.5, 0.6) is 0 Å². The van der Waals surface area contributed by atoms with Gasteiger partial charge in [0.15, 0.2) is 0 Å². The molecule has 2 aliphatic heterocycles. The molecule has 0 spiro atoms. The first-order valence-corrected chi connectivity index (χ1v) is 9.27. The molecule has 6 heteroatoms. The number of carbonyl (C=O) groups excluding carboxylic acids is 1. The lowest BCUT2D eigenvalue weighted by molar-refractivity contribution is 0.100. The van der Waals surface area contributed by atoms with E-state index in [1.54, 1.807) is 0 Å². The molecule has 5 rings (SSSR count). The number of rotatable bonds is 4. The van der Waals surface area contributed by atoms with Gasteiger partial charge in [0.2, 0.25) is 5.82 Å². The smallest absolute Gasteiger partial charge is 0.293 e. The van der Waals surface area contributed by atoms with Crippen LogP contribution in [0.15, 0.2) is 30.3 Å². The molecular weight excluding hydrogens is 314 g/mol. The molecule has 0 unspecified atom stereocenters. The maximum absolute atomic E-state index is 12.6. The molecule has 1 aromatic carbocycles. The van der Waals surface area contributed by atoms with Crippen LogP contribution in [-0.4, -0.2) is 45.2 Å². The molecule has 0 bridgehead atoms. The Morgan fingerprint density at radius 2 is 1.88 bits per heavy atom. The number of para-hydroxylation sites is 1. The van der Waals surface area contributed by atoms with Crippen LogP contribution in [0.2, 0.25) is 0 Å². The third kappa shape index (κ3) is 2.95. The van der Waals surface area contributed by atoms with Gasteiger partial charge in [-0.25, -0.2) is 0 Å². The summed E-state index contributed by atoms with van der Waals surface area (Å²) in [6, 6.07) is 9.52. The van der Waals surface area contributed by atoms with Crippen molar-refractivity contribution < 1.29 is 4.79 Å². The molecule has 2 aromatic rings. The zero-order valence-corrected chi connectivity index (χ0v) is 14.3. The molecule has 1 amide bonds. The predicted octanol–water partition coefficient (Wildman–Crippen LogP) is 2.04. The second kappa shape index (κ2) is 5.95. The summed E-state index contributed by atoms with van der Waals surface area (Å²) in [5, 5.41) is 11.4. The Labute approximate surface area is 147 Å². The summed E-state index contributed by atoms with van der Waals surface area (Å²) in [4.78, 5) is 15.2. The standard InChI is InChI=1S/C19H23N5O/c25-19(20-16-4-2-1-3-5-16)18-22-21-17-8-14-10-23(9-13-6-7-13)11-15(14)12-24(17)18/h1-5,13-15H,6-12H2,(H,20,25)/t14-,15-/m1/s1. The van der Waals surface area contributed by atoms with E-state index in [1.807, 2.05) is 34.9 Å². The number of benzene rings is 1. The SMILES string of the molecule is O=C(Nc1ccccc1)c1nnc2n1C[C@H]1CN(CC3CC3)C[C@H]1C2. The molecule has 1 aromatic heterocycles.